The van der Waals surface area contributed by atoms with Gasteiger partial charge in [-0.05, 0) is 60.9 Å². The van der Waals surface area contributed by atoms with Gasteiger partial charge in [0.05, 0.1) is 16.3 Å². The van der Waals surface area contributed by atoms with Gasteiger partial charge in [-0.1, -0.05) is 60.8 Å². The number of anilines is 1. The Morgan fingerprint density at radius 2 is 1.76 bits per heavy atom. The lowest BCUT2D eigenvalue weighted by atomic mass is 10.1. The molecule has 0 radical (unpaired) electrons. The van der Waals surface area contributed by atoms with Crippen molar-refractivity contribution in [3.63, 3.8) is 0 Å². The van der Waals surface area contributed by atoms with Crippen LogP contribution in [0.5, 0.6) is 5.75 Å². The highest BCUT2D eigenvalue weighted by Gasteiger charge is 2.08. The second-order valence-corrected chi connectivity index (χ2v) is 8.32. The Kier molecular flexibility index (Phi) is 9.50. The minimum absolute atomic E-state index is 0.220. The maximum Gasteiger partial charge on any atom is 0.271 e. The van der Waals surface area contributed by atoms with Gasteiger partial charge >= 0.3 is 0 Å². The quantitative estimate of drug-likeness (QED) is 0.261. The van der Waals surface area contributed by atoms with Crippen LogP contribution in [0.15, 0.2) is 71.8 Å². The summed E-state index contributed by atoms with van der Waals surface area (Å²) in [6.45, 7) is 1.93. The standard InChI is InChI=1S/C26H25Cl2N3O3/c1-2-3-6-18-9-11-19(12-10-18)26(33)31-29-16-20-7-4-5-8-24(20)34-17-25(32)30-21-13-14-22(27)23(28)15-21/h4-5,7-16H,2-3,6,17H2,1H3,(H,30,32)(H,31,33)/b29-16+. The molecule has 3 aromatic rings. The van der Waals surface area contributed by atoms with E-state index in [1.54, 1.807) is 54.6 Å². The van der Waals surface area contributed by atoms with Crippen molar-refractivity contribution in [2.24, 2.45) is 5.10 Å². The molecule has 3 aromatic carbocycles. The molecule has 0 atom stereocenters. The first-order valence-corrected chi connectivity index (χ1v) is 11.6. The van der Waals surface area contributed by atoms with Crippen molar-refractivity contribution >= 4 is 46.9 Å². The minimum atomic E-state index is -0.360. The van der Waals surface area contributed by atoms with Crippen LogP contribution in [0.4, 0.5) is 5.69 Å². The molecule has 0 aliphatic heterocycles. The summed E-state index contributed by atoms with van der Waals surface area (Å²) in [7, 11) is 0. The third-order valence-corrected chi connectivity index (χ3v) is 5.63. The van der Waals surface area contributed by atoms with Crippen LogP contribution in [0.1, 0.15) is 41.3 Å². The van der Waals surface area contributed by atoms with Crippen LogP contribution >= 0.6 is 23.2 Å². The van der Waals surface area contributed by atoms with Crippen molar-refractivity contribution in [1.82, 2.24) is 5.43 Å². The van der Waals surface area contributed by atoms with Crippen LogP contribution in [0.25, 0.3) is 0 Å². The molecule has 0 saturated heterocycles. The predicted octanol–water partition coefficient (Wildman–Crippen LogP) is 6.12. The molecular formula is C26H25Cl2N3O3. The highest BCUT2D eigenvalue weighted by atomic mass is 35.5. The number of nitrogens with zero attached hydrogens (tertiary/aromatic N) is 1. The van der Waals surface area contributed by atoms with E-state index < -0.39 is 0 Å². The van der Waals surface area contributed by atoms with Crippen molar-refractivity contribution in [1.29, 1.82) is 0 Å². The summed E-state index contributed by atoms with van der Waals surface area (Å²) in [6, 6.07) is 19.4. The Labute approximate surface area is 208 Å². The van der Waals surface area contributed by atoms with E-state index in [0.717, 1.165) is 19.3 Å². The molecule has 3 rings (SSSR count). The average molecular weight is 498 g/mol. The van der Waals surface area contributed by atoms with Gasteiger partial charge < -0.3 is 10.1 Å². The van der Waals surface area contributed by atoms with Gasteiger partial charge in [-0.3, -0.25) is 9.59 Å². The molecule has 176 valence electrons. The molecule has 0 aliphatic carbocycles. The number of unbranched alkanes of at least 4 members (excludes halogenated alkanes) is 1. The number of amides is 2. The zero-order valence-corrected chi connectivity index (χ0v) is 20.2. The van der Waals surface area contributed by atoms with Crippen molar-refractivity contribution in [2.75, 3.05) is 11.9 Å². The maximum atomic E-state index is 12.4. The van der Waals surface area contributed by atoms with Crippen LogP contribution in [0.2, 0.25) is 10.0 Å². The largest absolute Gasteiger partial charge is 0.483 e. The highest BCUT2D eigenvalue weighted by molar-refractivity contribution is 6.42. The average Bonchev–Trinajstić information content (AvgIpc) is 2.84. The van der Waals surface area contributed by atoms with Crippen molar-refractivity contribution < 1.29 is 14.3 Å². The summed E-state index contributed by atoms with van der Waals surface area (Å²) >= 11 is 11.9. The molecule has 0 bridgehead atoms. The lowest BCUT2D eigenvalue weighted by Gasteiger charge is -2.10. The summed E-state index contributed by atoms with van der Waals surface area (Å²) in [4.78, 5) is 24.6. The van der Waals surface area contributed by atoms with Gasteiger partial charge in [0.15, 0.2) is 6.61 Å². The van der Waals surface area contributed by atoms with Crippen molar-refractivity contribution in [3.05, 3.63) is 93.5 Å². The SMILES string of the molecule is CCCCc1ccc(C(=O)N/N=C/c2ccccc2OCC(=O)Nc2ccc(Cl)c(Cl)c2)cc1. The summed E-state index contributed by atoms with van der Waals surface area (Å²) in [5.74, 6) is -0.219. The van der Waals surface area contributed by atoms with E-state index in [9.17, 15) is 9.59 Å². The number of nitrogens with one attached hydrogen (secondary N) is 2. The topological polar surface area (TPSA) is 79.8 Å². The third kappa shape index (κ3) is 7.61. The number of benzene rings is 3. The van der Waals surface area contributed by atoms with E-state index in [1.165, 1.54) is 11.8 Å². The molecule has 34 heavy (non-hydrogen) atoms. The first-order chi connectivity index (χ1) is 16.5. The summed E-state index contributed by atoms with van der Waals surface area (Å²) in [5.41, 5.74) is 5.37. The van der Waals surface area contributed by atoms with E-state index >= 15 is 0 Å². The van der Waals surface area contributed by atoms with Gasteiger partial charge in [0.1, 0.15) is 5.75 Å². The lowest BCUT2D eigenvalue weighted by molar-refractivity contribution is -0.118. The van der Waals surface area contributed by atoms with Crippen molar-refractivity contribution in [2.45, 2.75) is 26.2 Å². The first-order valence-electron chi connectivity index (χ1n) is 10.9. The summed E-state index contributed by atoms with van der Waals surface area (Å²) in [5, 5.41) is 7.47. The molecule has 0 aromatic heterocycles. The predicted molar refractivity (Wildman–Crippen MR) is 137 cm³/mol. The van der Waals surface area contributed by atoms with E-state index in [0.29, 0.717) is 32.6 Å². The minimum Gasteiger partial charge on any atom is -0.483 e. The molecular weight excluding hydrogens is 473 g/mol. The molecule has 2 amide bonds. The first kappa shape index (κ1) is 25.3. The van der Waals surface area contributed by atoms with Crippen LogP contribution in [0, 0.1) is 0 Å². The second-order valence-electron chi connectivity index (χ2n) is 7.50. The number of hydrogen-bond acceptors (Lipinski definition) is 4. The summed E-state index contributed by atoms with van der Waals surface area (Å²) in [6.07, 6.45) is 4.72. The van der Waals surface area contributed by atoms with Crippen LogP contribution in [0.3, 0.4) is 0 Å². The number of hydrogen-bond donors (Lipinski definition) is 2. The molecule has 6 nitrogen and oxygen atoms in total. The zero-order chi connectivity index (χ0) is 24.3. The van der Waals surface area contributed by atoms with Crippen LogP contribution < -0.4 is 15.5 Å². The zero-order valence-electron chi connectivity index (χ0n) is 18.7. The van der Waals surface area contributed by atoms with E-state index in [-0.39, 0.29) is 18.4 Å². The fraction of sp³-hybridized carbons (Fsp3) is 0.192. The van der Waals surface area contributed by atoms with Gasteiger partial charge in [0, 0.05) is 16.8 Å². The normalized spacial score (nSPS) is 10.8. The number of carbonyl (C=O) groups excluding carboxylic acids is 2. The fourth-order valence-electron chi connectivity index (χ4n) is 3.06. The number of halogens is 2. The number of aryl methyl sites for hydroxylation is 1. The molecule has 0 heterocycles. The number of hydrazone groups is 1. The molecule has 0 spiro atoms. The molecule has 8 heteroatoms. The van der Waals surface area contributed by atoms with Crippen LogP contribution in [-0.2, 0) is 11.2 Å². The van der Waals surface area contributed by atoms with Gasteiger partial charge in [-0.15, -0.1) is 0 Å². The third-order valence-electron chi connectivity index (χ3n) is 4.89. The molecule has 0 saturated carbocycles. The fourth-order valence-corrected chi connectivity index (χ4v) is 3.36. The van der Waals surface area contributed by atoms with Gasteiger partial charge in [-0.25, -0.2) is 5.43 Å². The Bertz CT molecular complexity index is 1160. The number of ether oxygens (including phenoxy) is 1. The highest BCUT2D eigenvalue weighted by Crippen LogP contribution is 2.25. The summed E-state index contributed by atoms with van der Waals surface area (Å²) < 4.78 is 5.64. The maximum absolute atomic E-state index is 12.4. The molecule has 0 aliphatic rings. The van der Waals surface area contributed by atoms with Gasteiger partial charge in [0.2, 0.25) is 0 Å². The molecule has 0 unspecified atom stereocenters. The van der Waals surface area contributed by atoms with E-state index in [4.69, 9.17) is 27.9 Å². The Balaban J connectivity index is 1.54. The number of carbonyl (C=O) groups is 2. The van der Waals surface area contributed by atoms with Crippen molar-refractivity contribution in [3.8, 4) is 5.75 Å². The van der Waals surface area contributed by atoms with E-state index in [2.05, 4.69) is 22.8 Å². The lowest BCUT2D eigenvalue weighted by Crippen LogP contribution is -2.20. The Morgan fingerprint density at radius 1 is 1.00 bits per heavy atom. The number of para-hydroxylation sites is 1. The van der Waals surface area contributed by atoms with Crippen LogP contribution in [-0.4, -0.2) is 24.6 Å². The van der Waals surface area contributed by atoms with Gasteiger partial charge in [-0.2, -0.15) is 5.10 Å². The Morgan fingerprint density at radius 3 is 2.50 bits per heavy atom. The Hall–Kier alpha value is -3.35. The van der Waals surface area contributed by atoms with E-state index in [1.807, 2.05) is 12.1 Å². The molecule has 0 fully saturated rings. The second kappa shape index (κ2) is 12.8. The smallest absolute Gasteiger partial charge is 0.271 e. The monoisotopic (exact) mass is 497 g/mol. The number of rotatable bonds is 10. The molecule has 2 N–H and O–H groups in total. The van der Waals surface area contributed by atoms with Gasteiger partial charge in [0.25, 0.3) is 11.8 Å².